The number of nitro groups is 1. The molecule has 0 aliphatic rings. The highest BCUT2D eigenvalue weighted by Crippen LogP contribution is 2.38. The van der Waals surface area contributed by atoms with E-state index in [0.717, 1.165) is 24.1 Å². The number of nitrogens with zero attached hydrogens (tertiary/aromatic N) is 6. The SMILES string of the molecule is COc1cc(/C(O)=C(\C#N)C(=O)N(C)c2nncn2C)cc([N+](=O)[O-])c1O. The van der Waals surface area contributed by atoms with Gasteiger partial charge in [0.1, 0.15) is 18.2 Å². The number of anilines is 1. The lowest BCUT2D eigenvalue weighted by Crippen LogP contribution is -2.30. The molecule has 1 amide bonds. The number of phenolic OH excluding ortho intramolecular Hbond substituents is 1. The molecular formula is C15H14N6O6. The highest BCUT2D eigenvalue weighted by atomic mass is 16.6. The Morgan fingerprint density at radius 2 is 2.15 bits per heavy atom. The summed E-state index contributed by atoms with van der Waals surface area (Å²) in [4.78, 5) is 23.7. The number of nitro benzene ring substituents is 1. The summed E-state index contributed by atoms with van der Waals surface area (Å²) < 4.78 is 6.25. The van der Waals surface area contributed by atoms with Crippen molar-refractivity contribution in [1.82, 2.24) is 14.8 Å². The van der Waals surface area contributed by atoms with Gasteiger partial charge in [-0.2, -0.15) is 5.26 Å². The van der Waals surface area contributed by atoms with Gasteiger partial charge in [0.15, 0.2) is 11.3 Å². The van der Waals surface area contributed by atoms with Gasteiger partial charge in [-0.1, -0.05) is 0 Å². The Morgan fingerprint density at radius 1 is 1.48 bits per heavy atom. The molecule has 0 saturated carbocycles. The standard InChI is InChI=1S/C15H14N6O6/c1-19-7-17-18-15(19)20(2)14(24)9(6-16)12(22)8-4-10(21(25)26)13(23)11(5-8)27-3/h4-5,7,22-23H,1-3H3/b12-9-. The number of ether oxygens (including phenoxy) is 1. The van der Waals surface area contributed by atoms with E-state index in [4.69, 9.17) is 4.74 Å². The first kappa shape index (κ1) is 19.2. The molecule has 0 saturated heterocycles. The van der Waals surface area contributed by atoms with Crippen LogP contribution < -0.4 is 9.64 Å². The molecule has 0 radical (unpaired) electrons. The Labute approximate surface area is 152 Å². The fraction of sp³-hybridized carbons (Fsp3) is 0.200. The summed E-state index contributed by atoms with van der Waals surface area (Å²) >= 11 is 0. The van der Waals surface area contributed by atoms with Crippen LogP contribution in [0.15, 0.2) is 24.0 Å². The quantitative estimate of drug-likeness (QED) is 0.254. The summed E-state index contributed by atoms with van der Waals surface area (Å²) in [6.45, 7) is 0. The third-order valence-electron chi connectivity index (χ3n) is 3.60. The summed E-state index contributed by atoms with van der Waals surface area (Å²) in [6, 6.07) is 3.45. The largest absolute Gasteiger partial charge is 0.506 e. The van der Waals surface area contributed by atoms with Gasteiger partial charge < -0.3 is 19.5 Å². The normalized spacial score (nSPS) is 11.3. The van der Waals surface area contributed by atoms with Crippen LogP contribution in [0, 0.1) is 21.4 Å². The van der Waals surface area contributed by atoms with E-state index in [-0.39, 0.29) is 17.3 Å². The van der Waals surface area contributed by atoms with Crippen molar-refractivity contribution in [2.45, 2.75) is 0 Å². The van der Waals surface area contributed by atoms with Gasteiger partial charge in [-0.05, 0) is 6.07 Å². The molecule has 27 heavy (non-hydrogen) atoms. The Kier molecular flexibility index (Phi) is 5.26. The van der Waals surface area contributed by atoms with Gasteiger partial charge in [-0.25, -0.2) is 0 Å². The van der Waals surface area contributed by atoms with Crippen LogP contribution in [0.25, 0.3) is 5.76 Å². The highest BCUT2D eigenvalue weighted by molar-refractivity contribution is 6.11. The van der Waals surface area contributed by atoms with Gasteiger partial charge in [0.25, 0.3) is 5.91 Å². The number of rotatable bonds is 5. The monoisotopic (exact) mass is 374 g/mol. The predicted molar refractivity (Wildman–Crippen MR) is 90.9 cm³/mol. The molecule has 0 atom stereocenters. The van der Waals surface area contributed by atoms with Crippen molar-refractivity contribution in [3.05, 3.63) is 39.7 Å². The Hall–Kier alpha value is -4.14. The molecule has 12 nitrogen and oxygen atoms in total. The fourth-order valence-electron chi connectivity index (χ4n) is 2.21. The third-order valence-corrected chi connectivity index (χ3v) is 3.60. The van der Waals surface area contributed by atoms with E-state index >= 15 is 0 Å². The first-order valence-corrected chi connectivity index (χ1v) is 7.24. The van der Waals surface area contributed by atoms with Gasteiger partial charge in [-0.15, -0.1) is 10.2 Å². The average molecular weight is 374 g/mol. The number of hydrogen-bond donors (Lipinski definition) is 2. The zero-order chi connectivity index (χ0) is 20.3. The number of aliphatic hydroxyl groups excluding tert-OH is 1. The summed E-state index contributed by atoms with van der Waals surface area (Å²) in [7, 11) is 4.04. The van der Waals surface area contributed by atoms with Crippen molar-refractivity contribution in [2.24, 2.45) is 7.05 Å². The van der Waals surface area contributed by atoms with Crippen molar-refractivity contribution < 1.29 is 24.7 Å². The molecule has 12 heteroatoms. The smallest absolute Gasteiger partial charge is 0.315 e. The lowest BCUT2D eigenvalue weighted by molar-refractivity contribution is -0.386. The Morgan fingerprint density at radius 3 is 2.63 bits per heavy atom. The molecule has 1 aromatic carbocycles. The number of carbonyl (C=O) groups excluding carboxylic acids is 1. The number of aromatic hydroxyl groups is 1. The van der Waals surface area contributed by atoms with Gasteiger partial charge in [0.2, 0.25) is 11.7 Å². The Bertz CT molecular complexity index is 989. The average Bonchev–Trinajstić information content (AvgIpc) is 3.07. The van der Waals surface area contributed by atoms with Crippen LogP contribution in [0.2, 0.25) is 0 Å². The first-order valence-electron chi connectivity index (χ1n) is 7.24. The molecule has 0 spiro atoms. The number of benzene rings is 1. The number of amides is 1. The van der Waals surface area contributed by atoms with E-state index in [0.29, 0.717) is 0 Å². The molecule has 0 aliphatic heterocycles. The maximum Gasteiger partial charge on any atom is 0.315 e. The van der Waals surface area contributed by atoms with Crippen LogP contribution in [0.3, 0.4) is 0 Å². The topological polar surface area (TPSA) is 168 Å². The summed E-state index contributed by atoms with van der Waals surface area (Å²) in [6.07, 6.45) is 1.34. The van der Waals surface area contributed by atoms with Crippen molar-refractivity contribution in [3.8, 4) is 17.6 Å². The zero-order valence-electron chi connectivity index (χ0n) is 14.4. The van der Waals surface area contributed by atoms with Gasteiger partial charge in [0.05, 0.1) is 12.0 Å². The number of hydrogen-bond acceptors (Lipinski definition) is 9. The molecule has 2 N–H and O–H groups in total. The number of aliphatic hydroxyl groups is 1. The number of nitriles is 1. The molecule has 2 aromatic rings. The van der Waals surface area contributed by atoms with Gasteiger partial charge in [-0.3, -0.25) is 19.8 Å². The molecule has 2 rings (SSSR count). The molecule has 0 bridgehead atoms. The number of methoxy groups -OCH3 is 1. The van der Waals surface area contributed by atoms with Crippen molar-refractivity contribution >= 4 is 23.3 Å². The minimum atomic E-state index is -0.916. The van der Waals surface area contributed by atoms with Gasteiger partial charge >= 0.3 is 5.69 Å². The van der Waals surface area contributed by atoms with Crippen LogP contribution >= 0.6 is 0 Å². The van der Waals surface area contributed by atoms with Crippen LogP contribution in [0.5, 0.6) is 11.5 Å². The highest BCUT2D eigenvalue weighted by Gasteiger charge is 2.27. The lowest BCUT2D eigenvalue weighted by Gasteiger charge is -2.15. The minimum absolute atomic E-state index is 0.106. The second-order valence-corrected chi connectivity index (χ2v) is 5.24. The first-order chi connectivity index (χ1) is 12.7. The van der Waals surface area contributed by atoms with Crippen molar-refractivity contribution in [3.63, 3.8) is 0 Å². The summed E-state index contributed by atoms with van der Waals surface area (Å²) in [5.74, 6) is -2.69. The zero-order valence-corrected chi connectivity index (χ0v) is 14.4. The van der Waals surface area contributed by atoms with E-state index < -0.39 is 33.6 Å². The number of aryl methyl sites for hydroxylation is 1. The number of carbonyl (C=O) groups is 1. The van der Waals surface area contributed by atoms with Crippen molar-refractivity contribution in [1.29, 1.82) is 5.26 Å². The van der Waals surface area contributed by atoms with E-state index in [1.807, 2.05) is 0 Å². The summed E-state index contributed by atoms with van der Waals surface area (Å²) in [5.41, 5.74) is -1.71. The maximum absolute atomic E-state index is 12.6. The van der Waals surface area contributed by atoms with Crippen LogP contribution in [0.1, 0.15) is 5.56 Å². The van der Waals surface area contributed by atoms with E-state index in [1.54, 1.807) is 13.1 Å². The summed E-state index contributed by atoms with van der Waals surface area (Å²) in [5, 5.41) is 47.9. The minimum Gasteiger partial charge on any atom is -0.506 e. The number of phenols is 1. The van der Waals surface area contributed by atoms with Crippen LogP contribution in [-0.2, 0) is 11.8 Å². The fourth-order valence-corrected chi connectivity index (χ4v) is 2.21. The molecular weight excluding hydrogens is 360 g/mol. The lowest BCUT2D eigenvalue weighted by atomic mass is 10.1. The Balaban J connectivity index is 2.59. The van der Waals surface area contributed by atoms with Crippen molar-refractivity contribution in [2.75, 3.05) is 19.1 Å². The molecule has 0 unspecified atom stereocenters. The van der Waals surface area contributed by atoms with Crippen LogP contribution in [-0.4, -0.2) is 50.0 Å². The number of likely N-dealkylation sites (N-methyl/N-ethyl adjacent to an activating group) is 1. The second kappa shape index (κ2) is 7.40. The number of aromatic nitrogens is 3. The van der Waals surface area contributed by atoms with E-state index in [9.17, 15) is 30.4 Å². The molecule has 1 heterocycles. The van der Waals surface area contributed by atoms with E-state index in [2.05, 4.69) is 10.2 Å². The molecule has 1 aromatic heterocycles. The third kappa shape index (κ3) is 3.47. The molecule has 140 valence electrons. The molecule has 0 fully saturated rings. The maximum atomic E-state index is 12.6. The van der Waals surface area contributed by atoms with Crippen LogP contribution in [0.4, 0.5) is 11.6 Å². The predicted octanol–water partition coefficient (Wildman–Crippen LogP) is 0.893. The van der Waals surface area contributed by atoms with Gasteiger partial charge in [0, 0.05) is 25.7 Å². The van der Waals surface area contributed by atoms with E-state index in [1.165, 1.54) is 17.9 Å². The second-order valence-electron chi connectivity index (χ2n) is 5.24. The molecule has 0 aliphatic carbocycles.